The molecule has 1 rings (SSSR count). The van der Waals surface area contributed by atoms with Gasteiger partial charge in [-0.25, -0.2) is 4.79 Å². The second-order valence-electron chi connectivity index (χ2n) is 2.92. The Labute approximate surface area is 79.9 Å². The number of hydrogen-bond acceptors (Lipinski definition) is 3. The quantitative estimate of drug-likeness (QED) is 0.586. The Kier molecular flexibility index (Phi) is 3.11. The van der Waals surface area contributed by atoms with E-state index < -0.39 is 24.0 Å². The fourth-order valence-corrected chi connectivity index (χ4v) is 1.55. The van der Waals surface area contributed by atoms with E-state index in [4.69, 9.17) is 21.8 Å². The summed E-state index contributed by atoms with van der Waals surface area (Å²) in [4.78, 5) is 22.8. The number of alkyl halides is 1. The number of rotatable bonds is 2. The van der Waals surface area contributed by atoms with Gasteiger partial charge in [0.2, 0.25) is 5.91 Å². The number of carbonyl (C=O) groups is 2. The molecule has 0 spiro atoms. The van der Waals surface area contributed by atoms with Crippen molar-refractivity contribution in [2.75, 3.05) is 12.4 Å². The number of amides is 1. The molecule has 1 fully saturated rings. The van der Waals surface area contributed by atoms with Crippen LogP contribution < -0.4 is 0 Å². The van der Waals surface area contributed by atoms with Crippen LogP contribution in [0.3, 0.4) is 0 Å². The largest absolute Gasteiger partial charge is 0.480 e. The highest BCUT2D eigenvalue weighted by molar-refractivity contribution is 6.27. The van der Waals surface area contributed by atoms with Crippen LogP contribution in [0.1, 0.15) is 6.42 Å². The minimum Gasteiger partial charge on any atom is -0.480 e. The van der Waals surface area contributed by atoms with Gasteiger partial charge < -0.3 is 15.1 Å². The molecule has 0 aromatic rings. The van der Waals surface area contributed by atoms with Gasteiger partial charge in [0, 0.05) is 13.0 Å². The van der Waals surface area contributed by atoms with E-state index in [1.54, 1.807) is 0 Å². The summed E-state index contributed by atoms with van der Waals surface area (Å²) in [6, 6.07) is -0.929. The van der Waals surface area contributed by atoms with Gasteiger partial charge in [0.15, 0.2) is 0 Å². The zero-order valence-electron chi connectivity index (χ0n) is 6.81. The lowest BCUT2D eigenvalue weighted by molar-refractivity contribution is -0.147. The standard InChI is InChI=1S/C7H10ClNO4/c8-2-6(11)9-3-4(10)1-5(9)7(12)13/h4-5,10H,1-3H2,(H,12,13)/t4-,5-/m0/s1. The third-order valence-corrected chi connectivity index (χ3v) is 2.23. The highest BCUT2D eigenvalue weighted by Crippen LogP contribution is 2.18. The molecule has 0 unspecified atom stereocenters. The molecule has 6 heteroatoms. The van der Waals surface area contributed by atoms with Crippen LogP contribution in [0.25, 0.3) is 0 Å². The van der Waals surface area contributed by atoms with Gasteiger partial charge in [-0.2, -0.15) is 0 Å². The van der Waals surface area contributed by atoms with Crippen LogP contribution >= 0.6 is 11.6 Å². The first-order valence-corrected chi connectivity index (χ1v) is 4.36. The second-order valence-corrected chi connectivity index (χ2v) is 3.19. The first-order chi connectivity index (χ1) is 6.06. The van der Waals surface area contributed by atoms with E-state index >= 15 is 0 Å². The Morgan fingerprint density at radius 1 is 1.54 bits per heavy atom. The number of nitrogens with zero attached hydrogens (tertiary/aromatic N) is 1. The van der Waals surface area contributed by atoms with E-state index in [9.17, 15) is 9.59 Å². The third-order valence-electron chi connectivity index (χ3n) is 2.00. The normalized spacial score (nSPS) is 27.7. The van der Waals surface area contributed by atoms with Gasteiger partial charge in [-0.15, -0.1) is 11.6 Å². The molecule has 0 bridgehead atoms. The maximum absolute atomic E-state index is 11.1. The van der Waals surface area contributed by atoms with Crippen molar-refractivity contribution in [2.24, 2.45) is 0 Å². The molecule has 0 radical (unpaired) electrons. The molecular formula is C7H10ClNO4. The van der Waals surface area contributed by atoms with E-state index in [0.29, 0.717) is 0 Å². The van der Waals surface area contributed by atoms with Crippen LogP contribution in [0.5, 0.6) is 0 Å². The summed E-state index contributed by atoms with van der Waals surface area (Å²) in [6.07, 6.45) is -0.675. The van der Waals surface area contributed by atoms with E-state index in [2.05, 4.69) is 0 Å². The van der Waals surface area contributed by atoms with Crippen molar-refractivity contribution in [1.29, 1.82) is 0 Å². The molecular weight excluding hydrogens is 198 g/mol. The average Bonchev–Trinajstić information content (AvgIpc) is 2.46. The number of hydrogen-bond donors (Lipinski definition) is 2. The maximum Gasteiger partial charge on any atom is 0.326 e. The number of halogens is 1. The first-order valence-electron chi connectivity index (χ1n) is 3.82. The molecule has 0 aromatic heterocycles. The second kappa shape index (κ2) is 3.93. The Bertz CT molecular complexity index is 233. The van der Waals surface area contributed by atoms with Crippen molar-refractivity contribution in [3.8, 4) is 0 Å². The van der Waals surface area contributed by atoms with Crippen LogP contribution in [-0.2, 0) is 9.59 Å². The predicted octanol–water partition coefficient (Wildman–Crippen LogP) is -0.728. The summed E-state index contributed by atoms with van der Waals surface area (Å²) in [6.45, 7) is 0.0581. The predicted molar refractivity (Wildman–Crippen MR) is 44.5 cm³/mol. The van der Waals surface area contributed by atoms with Gasteiger partial charge in [0.1, 0.15) is 11.9 Å². The van der Waals surface area contributed by atoms with Crippen molar-refractivity contribution < 1.29 is 19.8 Å². The highest BCUT2D eigenvalue weighted by Gasteiger charge is 2.38. The van der Waals surface area contributed by atoms with Crippen molar-refractivity contribution in [3.05, 3.63) is 0 Å². The van der Waals surface area contributed by atoms with Crippen molar-refractivity contribution in [2.45, 2.75) is 18.6 Å². The fraction of sp³-hybridized carbons (Fsp3) is 0.714. The lowest BCUT2D eigenvalue weighted by Crippen LogP contribution is -2.41. The Hall–Kier alpha value is -0.810. The summed E-state index contributed by atoms with van der Waals surface area (Å²) in [5.74, 6) is -1.81. The van der Waals surface area contributed by atoms with Gasteiger partial charge in [0.05, 0.1) is 6.10 Å². The van der Waals surface area contributed by atoms with E-state index in [-0.39, 0.29) is 18.8 Å². The van der Waals surface area contributed by atoms with Gasteiger partial charge in [0.25, 0.3) is 0 Å². The highest BCUT2D eigenvalue weighted by atomic mass is 35.5. The molecule has 1 aliphatic heterocycles. The molecule has 5 nitrogen and oxygen atoms in total. The Balaban J connectivity index is 2.71. The third kappa shape index (κ3) is 2.10. The Morgan fingerprint density at radius 2 is 2.15 bits per heavy atom. The van der Waals surface area contributed by atoms with Crippen LogP contribution in [0, 0.1) is 0 Å². The zero-order valence-corrected chi connectivity index (χ0v) is 7.57. The van der Waals surface area contributed by atoms with Crippen LogP contribution in [0.4, 0.5) is 0 Å². The smallest absolute Gasteiger partial charge is 0.326 e. The van der Waals surface area contributed by atoms with Crippen molar-refractivity contribution >= 4 is 23.5 Å². The van der Waals surface area contributed by atoms with Gasteiger partial charge in [-0.05, 0) is 0 Å². The molecule has 2 atom stereocenters. The lowest BCUT2D eigenvalue weighted by atomic mass is 10.2. The maximum atomic E-state index is 11.1. The molecule has 13 heavy (non-hydrogen) atoms. The molecule has 1 saturated heterocycles. The SMILES string of the molecule is O=C(O)[C@@H]1C[C@H](O)CN1C(=O)CCl. The van der Waals surface area contributed by atoms with Crippen molar-refractivity contribution in [3.63, 3.8) is 0 Å². The minimum atomic E-state index is -1.10. The first kappa shape index (κ1) is 10.3. The number of aliphatic hydroxyl groups is 1. The van der Waals surface area contributed by atoms with E-state index in [1.165, 1.54) is 0 Å². The summed E-state index contributed by atoms with van der Waals surface area (Å²) in [5, 5.41) is 17.9. The fourth-order valence-electron chi connectivity index (χ4n) is 1.40. The number of likely N-dealkylation sites (tertiary alicyclic amines) is 1. The van der Waals surface area contributed by atoms with E-state index in [0.717, 1.165) is 4.90 Å². The summed E-state index contributed by atoms with van der Waals surface area (Å²) >= 11 is 5.28. The van der Waals surface area contributed by atoms with Crippen LogP contribution in [0.2, 0.25) is 0 Å². The van der Waals surface area contributed by atoms with Gasteiger partial charge in [-0.1, -0.05) is 0 Å². The molecule has 0 saturated carbocycles. The lowest BCUT2D eigenvalue weighted by Gasteiger charge is -2.19. The van der Waals surface area contributed by atoms with Crippen LogP contribution in [-0.4, -0.2) is 51.6 Å². The summed E-state index contributed by atoms with van der Waals surface area (Å²) < 4.78 is 0. The minimum absolute atomic E-state index is 0.0581. The van der Waals surface area contributed by atoms with Gasteiger partial charge in [-0.3, -0.25) is 4.79 Å². The van der Waals surface area contributed by atoms with Crippen LogP contribution in [0.15, 0.2) is 0 Å². The number of aliphatic hydroxyl groups excluding tert-OH is 1. The molecule has 0 aliphatic carbocycles. The molecule has 0 aromatic carbocycles. The number of β-amino-alcohol motifs (C(OH)–C–C–N with tert-alkyl or cyclic N) is 1. The van der Waals surface area contributed by atoms with Crippen molar-refractivity contribution in [1.82, 2.24) is 4.90 Å². The molecule has 2 N–H and O–H groups in total. The molecule has 1 aliphatic rings. The zero-order chi connectivity index (χ0) is 10.0. The molecule has 1 heterocycles. The monoisotopic (exact) mass is 207 g/mol. The van der Waals surface area contributed by atoms with Gasteiger partial charge >= 0.3 is 5.97 Å². The number of carboxylic acids is 1. The number of carboxylic acid groups (broad SMARTS) is 1. The average molecular weight is 208 g/mol. The van der Waals surface area contributed by atoms with E-state index in [1.807, 2.05) is 0 Å². The summed E-state index contributed by atoms with van der Waals surface area (Å²) in [5.41, 5.74) is 0. The summed E-state index contributed by atoms with van der Waals surface area (Å²) in [7, 11) is 0. The molecule has 1 amide bonds. The molecule has 74 valence electrons. The number of aliphatic carboxylic acids is 1. The topological polar surface area (TPSA) is 77.8 Å². The number of carbonyl (C=O) groups excluding carboxylic acids is 1. The Morgan fingerprint density at radius 3 is 2.62 bits per heavy atom.